The molecule has 0 aromatic heterocycles. The number of benzene rings is 2. The normalized spacial score (nSPS) is 12.5. The maximum absolute atomic E-state index is 13.8. The van der Waals surface area contributed by atoms with Crippen LogP contribution in [0.1, 0.15) is 33.9 Å². The molecule has 18 heavy (non-hydrogen) atoms. The first-order valence-electron chi connectivity index (χ1n) is 6.01. The fraction of sp³-hybridized carbons (Fsp3) is 0.250. The van der Waals surface area contributed by atoms with Gasteiger partial charge in [0, 0.05) is 5.56 Å². The van der Waals surface area contributed by atoms with Crippen molar-refractivity contribution in [3.8, 4) is 0 Å². The maximum Gasteiger partial charge on any atom is 0.129 e. The third-order valence-electron chi connectivity index (χ3n) is 3.39. The topological polar surface area (TPSA) is 20.2 Å². The van der Waals surface area contributed by atoms with E-state index < -0.39 is 6.10 Å². The minimum Gasteiger partial charge on any atom is -0.384 e. The Morgan fingerprint density at radius 2 is 1.72 bits per heavy atom. The molecule has 0 amide bonds. The van der Waals surface area contributed by atoms with Crippen LogP contribution in [0.15, 0.2) is 36.4 Å². The Morgan fingerprint density at radius 1 is 1.00 bits per heavy atom. The molecule has 0 heterocycles. The van der Waals surface area contributed by atoms with Gasteiger partial charge in [-0.2, -0.15) is 0 Å². The standard InChI is InChI=1S/C16H17FO/c1-10-7-8-15(17)14(9-10)16(18)13-6-4-5-11(2)12(13)3/h4-9,16,18H,1-3H3. The van der Waals surface area contributed by atoms with Crippen LogP contribution in [0.25, 0.3) is 0 Å². The molecule has 0 radical (unpaired) electrons. The van der Waals surface area contributed by atoms with Crippen molar-refractivity contribution in [1.82, 2.24) is 0 Å². The van der Waals surface area contributed by atoms with Crippen molar-refractivity contribution in [3.63, 3.8) is 0 Å². The number of aliphatic hydroxyl groups excluding tert-OH is 1. The van der Waals surface area contributed by atoms with Gasteiger partial charge >= 0.3 is 0 Å². The van der Waals surface area contributed by atoms with Crippen molar-refractivity contribution in [1.29, 1.82) is 0 Å². The quantitative estimate of drug-likeness (QED) is 0.851. The lowest BCUT2D eigenvalue weighted by atomic mass is 9.94. The van der Waals surface area contributed by atoms with Crippen LogP contribution in [-0.4, -0.2) is 5.11 Å². The second-order valence-electron chi connectivity index (χ2n) is 4.72. The third kappa shape index (κ3) is 2.29. The van der Waals surface area contributed by atoms with Crippen molar-refractivity contribution in [3.05, 3.63) is 70.0 Å². The highest BCUT2D eigenvalue weighted by Crippen LogP contribution is 2.28. The van der Waals surface area contributed by atoms with Gasteiger partial charge in [0.25, 0.3) is 0 Å². The predicted molar refractivity (Wildman–Crippen MR) is 71.1 cm³/mol. The molecule has 94 valence electrons. The number of rotatable bonds is 2. The molecule has 0 bridgehead atoms. The van der Waals surface area contributed by atoms with Crippen LogP contribution in [0.4, 0.5) is 4.39 Å². The SMILES string of the molecule is Cc1ccc(F)c(C(O)c2cccc(C)c2C)c1. The summed E-state index contributed by atoms with van der Waals surface area (Å²) in [5.74, 6) is -0.367. The molecule has 1 nitrogen and oxygen atoms in total. The lowest BCUT2D eigenvalue weighted by Gasteiger charge is -2.16. The molecule has 0 fully saturated rings. The molecule has 0 aliphatic rings. The summed E-state index contributed by atoms with van der Waals surface area (Å²) < 4.78 is 13.8. The first-order valence-corrected chi connectivity index (χ1v) is 6.01. The van der Waals surface area contributed by atoms with Crippen molar-refractivity contribution >= 4 is 0 Å². The van der Waals surface area contributed by atoms with E-state index in [4.69, 9.17) is 0 Å². The number of hydrogen-bond donors (Lipinski definition) is 1. The van der Waals surface area contributed by atoms with Crippen LogP contribution >= 0.6 is 0 Å². The molecule has 2 heteroatoms. The van der Waals surface area contributed by atoms with Gasteiger partial charge in [-0.1, -0.05) is 35.9 Å². The lowest BCUT2D eigenvalue weighted by molar-refractivity contribution is 0.214. The second-order valence-corrected chi connectivity index (χ2v) is 4.72. The van der Waals surface area contributed by atoms with E-state index in [9.17, 15) is 9.50 Å². The molecule has 0 saturated heterocycles. The first kappa shape index (κ1) is 12.8. The van der Waals surface area contributed by atoms with Gasteiger partial charge in [0.1, 0.15) is 11.9 Å². The molecule has 2 rings (SSSR count). The Morgan fingerprint density at radius 3 is 2.44 bits per heavy atom. The zero-order valence-electron chi connectivity index (χ0n) is 10.9. The Balaban J connectivity index is 2.51. The van der Waals surface area contributed by atoms with Gasteiger partial charge in [-0.15, -0.1) is 0 Å². The summed E-state index contributed by atoms with van der Waals surface area (Å²) in [6, 6.07) is 10.5. The molecular formula is C16H17FO. The van der Waals surface area contributed by atoms with Gasteiger partial charge in [-0.3, -0.25) is 0 Å². The summed E-state index contributed by atoms with van der Waals surface area (Å²) in [4.78, 5) is 0. The van der Waals surface area contributed by atoms with Crippen LogP contribution in [0, 0.1) is 26.6 Å². The first-order chi connectivity index (χ1) is 8.50. The van der Waals surface area contributed by atoms with Crippen LogP contribution in [0.2, 0.25) is 0 Å². The molecule has 2 aromatic carbocycles. The highest BCUT2D eigenvalue weighted by molar-refractivity contribution is 5.40. The highest BCUT2D eigenvalue weighted by atomic mass is 19.1. The van der Waals surface area contributed by atoms with Crippen LogP contribution < -0.4 is 0 Å². The Labute approximate surface area is 107 Å². The van der Waals surface area contributed by atoms with Crippen LogP contribution in [0.3, 0.4) is 0 Å². The molecule has 0 spiro atoms. The van der Waals surface area contributed by atoms with Gasteiger partial charge in [0.15, 0.2) is 0 Å². The van der Waals surface area contributed by atoms with Gasteiger partial charge in [0.2, 0.25) is 0 Å². The molecule has 0 saturated carbocycles. The van der Waals surface area contributed by atoms with E-state index >= 15 is 0 Å². The summed E-state index contributed by atoms with van der Waals surface area (Å²) in [6.45, 7) is 5.82. The van der Waals surface area contributed by atoms with E-state index in [0.717, 1.165) is 22.3 Å². The van der Waals surface area contributed by atoms with Gasteiger partial charge in [0.05, 0.1) is 0 Å². The Kier molecular flexibility index (Phi) is 3.48. The molecular weight excluding hydrogens is 227 g/mol. The number of halogens is 1. The fourth-order valence-corrected chi connectivity index (χ4v) is 2.11. The molecule has 2 aromatic rings. The zero-order chi connectivity index (χ0) is 13.3. The van der Waals surface area contributed by atoms with Gasteiger partial charge < -0.3 is 5.11 Å². The van der Waals surface area contributed by atoms with E-state index in [1.54, 1.807) is 12.1 Å². The summed E-state index contributed by atoms with van der Waals surface area (Å²) in [7, 11) is 0. The number of aliphatic hydroxyl groups is 1. The largest absolute Gasteiger partial charge is 0.384 e. The minimum absolute atomic E-state index is 0.337. The lowest BCUT2D eigenvalue weighted by Crippen LogP contribution is -2.05. The van der Waals surface area contributed by atoms with Crippen LogP contribution in [0.5, 0.6) is 0 Å². The summed E-state index contributed by atoms with van der Waals surface area (Å²) >= 11 is 0. The number of hydrogen-bond acceptors (Lipinski definition) is 1. The third-order valence-corrected chi connectivity index (χ3v) is 3.39. The zero-order valence-corrected chi connectivity index (χ0v) is 10.9. The fourth-order valence-electron chi connectivity index (χ4n) is 2.11. The smallest absolute Gasteiger partial charge is 0.129 e. The maximum atomic E-state index is 13.8. The molecule has 0 aliphatic carbocycles. The van der Waals surface area contributed by atoms with E-state index in [0.29, 0.717) is 5.56 Å². The monoisotopic (exact) mass is 244 g/mol. The molecule has 1 N–H and O–H groups in total. The average Bonchev–Trinajstić information content (AvgIpc) is 2.35. The van der Waals surface area contributed by atoms with Crippen molar-refractivity contribution in [2.45, 2.75) is 26.9 Å². The summed E-state index contributed by atoms with van der Waals surface area (Å²) in [5, 5.41) is 10.4. The van der Waals surface area contributed by atoms with Gasteiger partial charge in [-0.05, 0) is 43.5 Å². The van der Waals surface area contributed by atoms with Crippen molar-refractivity contribution in [2.75, 3.05) is 0 Å². The van der Waals surface area contributed by atoms with E-state index in [1.165, 1.54) is 6.07 Å². The second kappa shape index (κ2) is 4.91. The van der Waals surface area contributed by atoms with E-state index in [2.05, 4.69) is 0 Å². The van der Waals surface area contributed by atoms with Gasteiger partial charge in [-0.25, -0.2) is 4.39 Å². The molecule has 0 aliphatic heterocycles. The van der Waals surface area contributed by atoms with Crippen molar-refractivity contribution in [2.24, 2.45) is 0 Å². The summed E-state index contributed by atoms with van der Waals surface area (Å²) in [5.41, 5.74) is 4.14. The molecule has 1 atom stereocenters. The van der Waals surface area contributed by atoms with Crippen molar-refractivity contribution < 1.29 is 9.50 Å². The van der Waals surface area contributed by atoms with Crippen LogP contribution in [-0.2, 0) is 0 Å². The molecule has 1 unspecified atom stereocenters. The summed E-state index contributed by atoms with van der Waals surface area (Å²) in [6.07, 6.45) is -0.912. The Bertz CT molecular complexity index is 573. The van der Waals surface area contributed by atoms with E-state index in [1.807, 2.05) is 39.0 Å². The van der Waals surface area contributed by atoms with E-state index in [-0.39, 0.29) is 5.82 Å². The number of aryl methyl sites for hydroxylation is 2. The Hall–Kier alpha value is -1.67. The predicted octanol–water partition coefficient (Wildman–Crippen LogP) is 3.83. The highest BCUT2D eigenvalue weighted by Gasteiger charge is 2.17. The minimum atomic E-state index is -0.912. The average molecular weight is 244 g/mol.